The van der Waals surface area contributed by atoms with E-state index in [4.69, 9.17) is 4.74 Å². The fourth-order valence-electron chi connectivity index (χ4n) is 4.81. The highest BCUT2D eigenvalue weighted by atomic mass is 16.5. The van der Waals surface area contributed by atoms with Crippen molar-refractivity contribution in [3.05, 3.63) is 70.3 Å². The van der Waals surface area contributed by atoms with E-state index in [1.807, 2.05) is 25.1 Å². The number of phenolic OH excluding ortho intramolecular Hbond substituents is 1. The number of hydrogen-bond donors (Lipinski definition) is 1. The maximum Gasteiger partial charge on any atom is 0.131 e. The molecule has 0 aromatic heterocycles. The molecule has 0 radical (unpaired) electrons. The SMILES string of the molecule is CC(C)=CCC/C(C)=C/CC/C(C)=C/CCC1(C)CCc2c(C)c(O)c3ccccc3c2O1. The van der Waals surface area contributed by atoms with E-state index in [0.29, 0.717) is 5.75 Å². The van der Waals surface area contributed by atoms with Gasteiger partial charge >= 0.3 is 0 Å². The van der Waals surface area contributed by atoms with Crippen LogP contribution in [0.15, 0.2) is 59.2 Å². The second-order valence-corrected chi connectivity index (χ2v) is 10.4. The van der Waals surface area contributed by atoms with Gasteiger partial charge < -0.3 is 9.84 Å². The van der Waals surface area contributed by atoms with E-state index in [0.717, 1.165) is 73.5 Å². The Balaban J connectivity index is 1.57. The highest BCUT2D eigenvalue weighted by Crippen LogP contribution is 2.46. The minimum absolute atomic E-state index is 0.169. The lowest BCUT2D eigenvalue weighted by molar-refractivity contribution is 0.0588. The number of rotatable bonds is 9. The molecule has 1 unspecified atom stereocenters. The minimum atomic E-state index is -0.169. The minimum Gasteiger partial charge on any atom is -0.507 e. The number of allylic oxidation sites excluding steroid dienone is 6. The maximum atomic E-state index is 10.6. The molecule has 1 heterocycles. The number of ether oxygens (including phenoxy) is 1. The quantitative estimate of drug-likeness (QED) is 0.389. The predicted molar refractivity (Wildman–Crippen MR) is 142 cm³/mol. The molecule has 2 aromatic carbocycles. The van der Waals surface area contributed by atoms with Gasteiger partial charge in [0.05, 0.1) is 0 Å². The first-order valence-electron chi connectivity index (χ1n) is 12.6. The Labute approximate surface area is 201 Å². The third-order valence-corrected chi connectivity index (χ3v) is 7.05. The Kier molecular flexibility index (Phi) is 8.46. The van der Waals surface area contributed by atoms with E-state index in [1.54, 1.807) is 0 Å². The lowest BCUT2D eigenvalue weighted by atomic mass is 9.85. The van der Waals surface area contributed by atoms with Crippen LogP contribution in [0.1, 0.15) is 90.7 Å². The Morgan fingerprint density at radius 2 is 1.55 bits per heavy atom. The zero-order valence-corrected chi connectivity index (χ0v) is 21.6. The van der Waals surface area contributed by atoms with Crippen molar-refractivity contribution < 1.29 is 9.84 Å². The largest absolute Gasteiger partial charge is 0.507 e. The zero-order chi connectivity index (χ0) is 24.0. The number of hydrogen-bond acceptors (Lipinski definition) is 2. The van der Waals surface area contributed by atoms with Crippen LogP contribution in [0.2, 0.25) is 0 Å². The Bertz CT molecular complexity index is 1070. The molecule has 0 saturated carbocycles. The van der Waals surface area contributed by atoms with E-state index in [1.165, 1.54) is 22.3 Å². The fourth-order valence-corrected chi connectivity index (χ4v) is 4.81. The molecule has 0 saturated heterocycles. The van der Waals surface area contributed by atoms with Crippen molar-refractivity contribution in [3.63, 3.8) is 0 Å². The number of benzene rings is 2. The van der Waals surface area contributed by atoms with E-state index in [2.05, 4.69) is 58.9 Å². The topological polar surface area (TPSA) is 29.5 Å². The Hall–Kier alpha value is -2.48. The zero-order valence-electron chi connectivity index (χ0n) is 21.6. The summed E-state index contributed by atoms with van der Waals surface area (Å²) in [7, 11) is 0. The van der Waals surface area contributed by atoms with Crippen molar-refractivity contribution in [2.75, 3.05) is 0 Å². The molecule has 3 rings (SSSR count). The molecule has 2 nitrogen and oxygen atoms in total. The molecule has 2 heteroatoms. The predicted octanol–water partition coefficient (Wildman–Crippen LogP) is 9.14. The van der Waals surface area contributed by atoms with Crippen LogP contribution < -0.4 is 4.74 Å². The van der Waals surface area contributed by atoms with Gasteiger partial charge in [0, 0.05) is 16.3 Å². The summed E-state index contributed by atoms with van der Waals surface area (Å²) in [6.07, 6.45) is 15.7. The first kappa shape index (κ1) is 25.1. The summed E-state index contributed by atoms with van der Waals surface area (Å²) in [6.45, 7) is 13.1. The average Bonchev–Trinajstić information content (AvgIpc) is 2.77. The third kappa shape index (κ3) is 6.53. The molecular formula is C31H42O2. The molecule has 0 fully saturated rings. The standard InChI is InChI=1S/C31H42O2/c1-22(2)12-9-13-23(3)14-10-15-24(4)16-11-20-31(6)21-19-26-25(5)29(32)27-17-7-8-18-28(27)30(26)33-31/h7-8,12,14,16-18,32H,9-11,13,15,19-21H2,1-6H3/b23-14+,24-16+. The van der Waals surface area contributed by atoms with Gasteiger partial charge in [-0.2, -0.15) is 0 Å². The van der Waals surface area contributed by atoms with Gasteiger partial charge in [-0.25, -0.2) is 0 Å². The van der Waals surface area contributed by atoms with Gasteiger partial charge in [0.1, 0.15) is 17.1 Å². The van der Waals surface area contributed by atoms with Gasteiger partial charge in [0.2, 0.25) is 0 Å². The highest BCUT2D eigenvalue weighted by Gasteiger charge is 2.33. The molecular weight excluding hydrogens is 404 g/mol. The van der Waals surface area contributed by atoms with Gasteiger partial charge in [0.15, 0.2) is 0 Å². The third-order valence-electron chi connectivity index (χ3n) is 7.05. The molecule has 33 heavy (non-hydrogen) atoms. The van der Waals surface area contributed by atoms with Crippen LogP contribution in [0.25, 0.3) is 10.8 Å². The Morgan fingerprint density at radius 1 is 0.939 bits per heavy atom. The van der Waals surface area contributed by atoms with Crippen LogP contribution in [0.3, 0.4) is 0 Å². The maximum absolute atomic E-state index is 10.6. The molecule has 1 aliphatic heterocycles. The molecule has 2 aromatic rings. The second kappa shape index (κ2) is 11.1. The Morgan fingerprint density at radius 3 is 2.21 bits per heavy atom. The van der Waals surface area contributed by atoms with Gasteiger partial charge in [-0.1, -0.05) is 59.2 Å². The van der Waals surface area contributed by atoms with Crippen LogP contribution in [0.4, 0.5) is 0 Å². The molecule has 0 bridgehead atoms. The van der Waals surface area contributed by atoms with Crippen LogP contribution in [0, 0.1) is 6.92 Å². The van der Waals surface area contributed by atoms with Crippen molar-refractivity contribution in [1.29, 1.82) is 0 Å². The molecule has 1 N–H and O–H groups in total. The molecule has 0 spiro atoms. The van der Waals surface area contributed by atoms with Crippen molar-refractivity contribution in [1.82, 2.24) is 0 Å². The molecule has 0 aliphatic carbocycles. The summed E-state index contributed by atoms with van der Waals surface area (Å²) >= 11 is 0. The summed E-state index contributed by atoms with van der Waals surface area (Å²) in [4.78, 5) is 0. The van der Waals surface area contributed by atoms with E-state index < -0.39 is 0 Å². The van der Waals surface area contributed by atoms with Crippen LogP contribution in [0.5, 0.6) is 11.5 Å². The first-order valence-corrected chi connectivity index (χ1v) is 12.6. The lowest BCUT2D eigenvalue weighted by Gasteiger charge is -2.37. The molecule has 178 valence electrons. The normalized spacial score (nSPS) is 18.7. The summed E-state index contributed by atoms with van der Waals surface area (Å²) in [5.41, 5.74) is 6.33. The van der Waals surface area contributed by atoms with Crippen molar-refractivity contribution in [2.24, 2.45) is 0 Å². The van der Waals surface area contributed by atoms with Crippen molar-refractivity contribution in [2.45, 2.75) is 98.5 Å². The number of aromatic hydroxyl groups is 1. The molecule has 1 aliphatic rings. The van der Waals surface area contributed by atoms with Gasteiger partial charge in [-0.05, 0) is 98.5 Å². The smallest absolute Gasteiger partial charge is 0.131 e. The van der Waals surface area contributed by atoms with E-state index >= 15 is 0 Å². The van der Waals surface area contributed by atoms with Crippen LogP contribution in [-0.4, -0.2) is 10.7 Å². The summed E-state index contributed by atoms with van der Waals surface area (Å²) in [6, 6.07) is 8.05. The summed E-state index contributed by atoms with van der Waals surface area (Å²) in [5, 5.41) is 12.6. The number of fused-ring (bicyclic) bond motifs is 3. The first-order chi connectivity index (χ1) is 15.7. The summed E-state index contributed by atoms with van der Waals surface area (Å²) in [5.74, 6) is 1.38. The molecule has 1 atom stereocenters. The lowest BCUT2D eigenvalue weighted by Crippen LogP contribution is -2.36. The van der Waals surface area contributed by atoms with E-state index in [9.17, 15) is 5.11 Å². The average molecular weight is 447 g/mol. The van der Waals surface area contributed by atoms with E-state index in [-0.39, 0.29) is 5.60 Å². The van der Waals surface area contributed by atoms with Gasteiger partial charge in [-0.3, -0.25) is 0 Å². The van der Waals surface area contributed by atoms with Gasteiger partial charge in [-0.15, -0.1) is 0 Å². The van der Waals surface area contributed by atoms with Gasteiger partial charge in [0.25, 0.3) is 0 Å². The summed E-state index contributed by atoms with van der Waals surface area (Å²) < 4.78 is 6.66. The second-order valence-electron chi connectivity index (χ2n) is 10.4. The fraction of sp³-hybridized carbons (Fsp3) is 0.484. The van der Waals surface area contributed by atoms with Crippen LogP contribution in [-0.2, 0) is 6.42 Å². The van der Waals surface area contributed by atoms with Crippen LogP contribution >= 0.6 is 0 Å². The monoisotopic (exact) mass is 446 g/mol. The highest BCUT2D eigenvalue weighted by molar-refractivity contribution is 5.95. The number of phenols is 1. The van der Waals surface area contributed by atoms with Crippen molar-refractivity contribution >= 4 is 10.8 Å². The van der Waals surface area contributed by atoms with Crippen molar-refractivity contribution in [3.8, 4) is 11.5 Å². The molecule has 0 amide bonds.